The second-order valence-corrected chi connectivity index (χ2v) is 5.29. The van der Waals surface area contributed by atoms with E-state index < -0.39 is 16.6 Å². The van der Waals surface area contributed by atoms with E-state index in [1.165, 1.54) is 11.3 Å². The summed E-state index contributed by atoms with van der Waals surface area (Å²) in [5, 5.41) is 13.8. The minimum absolute atomic E-state index is 0.152. The number of nitro groups is 1. The summed E-state index contributed by atoms with van der Waals surface area (Å²) in [6.45, 7) is 2.03. The van der Waals surface area contributed by atoms with Gasteiger partial charge in [-0.25, -0.2) is 9.37 Å². The summed E-state index contributed by atoms with van der Waals surface area (Å²) < 4.78 is 13.5. The normalized spacial score (nSPS) is 10.3. The van der Waals surface area contributed by atoms with Crippen LogP contribution in [0.4, 0.5) is 10.1 Å². The first kappa shape index (κ1) is 14.1. The molecular weight excluding hydrogens is 285 g/mol. The molecule has 1 aromatic heterocycles. The van der Waals surface area contributed by atoms with E-state index in [1.807, 2.05) is 6.92 Å². The molecule has 1 amide bonds. The Morgan fingerprint density at radius 3 is 2.90 bits per heavy atom. The van der Waals surface area contributed by atoms with Crippen LogP contribution in [0.15, 0.2) is 24.4 Å². The highest BCUT2D eigenvalue weighted by atomic mass is 32.1. The third-order valence-electron chi connectivity index (χ3n) is 2.47. The standard InChI is InChI=1S/C12H10FN3O3S/c1-7-5-14-11(20-7)6-15-12(17)9-4-8(16(18)19)2-3-10(9)13/h2-5H,6H2,1H3,(H,15,17). The van der Waals surface area contributed by atoms with Crippen molar-refractivity contribution in [1.82, 2.24) is 10.3 Å². The van der Waals surface area contributed by atoms with Crippen molar-refractivity contribution in [1.29, 1.82) is 0 Å². The fourth-order valence-corrected chi connectivity index (χ4v) is 2.26. The van der Waals surface area contributed by atoms with Crippen LogP contribution in [0.25, 0.3) is 0 Å². The molecule has 0 aliphatic rings. The first-order valence-corrected chi connectivity index (χ1v) is 6.42. The van der Waals surface area contributed by atoms with Crippen LogP contribution >= 0.6 is 11.3 Å². The van der Waals surface area contributed by atoms with E-state index in [4.69, 9.17) is 0 Å². The van der Waals surface area contributed by atoms with E-state index in [0.717, 1.165) is 23.1 Å². The van der Waals surface area contributed by atoms with E-state index in [-0.39, 0.29) is 17.8 Å². The molecule has 104 valence electrons. The maximum Gasteiger partial charge on any atom is 0.270 e. The predicted octanol–water partition coefficient (Wildman–Crippen LogP) is 2.43. The van der Waals surface area contributed by atoms with Crippen molar-refractivity contribution in [2.75, 3.05) is 0 Å². The van der Waals surface area contributed by atoms with E-state index in [9.17, 15) is 19.3 Å². The summed E-state index contributed by atoms with van der Waals surface area (Å²) in [7, 11) is 0. The van der Waals surface area contributed by atoms with Crippen molar-refractivity contribution < 1.29 is 14.1 Å². The van der Waals surface area contributed by atoms with E-state index in [1.54, 1.807) is 6.20 Å². The molecule has 1 N–H and O–H groups in total. The topological polar surface area (TPSA) is 85.1 Å². The van der Waals surface area contributed by atoms with Gasteiger partial charge in [0.05, 0.1) is 17.0 Å². The third kappa shape index (κ3) is 3.15. The number of carbonyl (C=O) groups excluding carboxylic acids is 1. The lowest BCUT2D eigenvalue weighted by Crippen LogP contribution is -2.23. The molecule has 0 spiro atoms. The first-order chi connectivity index (χ1) is 9.47. The number of nitro benzene ring substituents is 1. The number of aryl methyl sites for hydroxylation is 1. The average molecular weight is 295 g/mol. The molecule has 2 aromatic rings. The minimum Gasteiger partial charge on any atom is -0.345 e. The molecule has 0 aliphatic carbocycles. The summed E-state index contributed by atoms with van der Waals surface area (Å²) >= 11 is 1.41. The van der Waals surface area contributed by atoms with Crippen molar-refractivity contribution >= 4 is 22.9 Å². The Morgan fingerprint density at radius 1 is 1.55 bits per heavy atom. The Labute approximate surface area is 117 Å². The molecule has 0 saturated carbocycles. The number of hydrogen-bond donors (Lipinski definition) is 1. The molecule has 0 radical (unpaired) electrons. The smallest absolute Gasteiger partial charge is 0.270 e. The van der Waals surface area contributed by atoms with E-state index in [0.29, 0.717) is 5.01 Å². The maximum absolute atomic E-state index is 13.5. The number of carbonyl (C=O) groups is 1. The van der Waals surface area contributed by atoms with Crippen LogP contribution in [0, 0.1) is 22.9 Å². The number of amides is 1. The van der Waals surface area contributed by atoms with Gasteiger partial charge in [0.25, 0.3) is 11.6 Å². The highest BCUT2D eigenvalue weighted by molar-refractivity contribution is 7.11. The van der Waals surface area contributed by atoms with Crippen LogP contribution in [-0.4, -0.2) is 15.8 Å². The third-order valence-corrected chi connectivity index (χ3v) is 3.39. The molecular formula is C12H10FN3O3S. The van der Waals surface area contributed by atoms with Crippen molar-refractivity contribution in [3.63, 3.8) is 0 Å². The Kier molecular flexibility index (Phi) is 4.04. The van der Waals surface area contributed by atoms with E-state index in [2.05, 4.69) is 10.3 Å². The van der Waals surface area contributed by atoms with Gasteiger partial charge < -0.3 is 5.32 Å². The lowest BCUT2D eigenvalue weighted by Gasteiger charge is -2.04. The van der Waals surface area contributed by atoms with Gasteiger partial charge in [-0.1, -0.05) is 0 Å². The van der Waals surface area contributed by atoms with Gasteiger partial charge in [-0.2, -0.15) is 0 Å². The largest absolute Gasteiger partial charge is 0.345 e. The van der Waals surface area contributed by atoms with Gasteiger partial charge in [0.1, 0.15) is 10.8 Å². The fourth-order valence-electron chi connectivity index (χ4n) is 1.54. The molecule has 8 heteroatoms. The Hall–Kier alpha value is -2.35. The van der Waals surface area contributed by atoms with Crippen LogP contribution in [0.2, 0.25) is 0 Å². The van der Waals surface area contributed by atoms with Gasteiger partial charge in [-0.05, 0) is 13.0 Å². The Bertz CT molecular complexity index is 672. The molecule has 20 heavy (non-hydrogen) atoms. The number of hydrogen-bond acceptors (Lipinski definition) is 5. The number of halogens is 1. The number of benzene rings is 1. The van der Waals surface area contributed by atoms with Gasteiger partial charge >= 0.3 is 0 Å². The molecule has 0 unspecified atom stereocenters. The summed E-state index contributed by atoms with van der Waals surface area (Å²) in [4.78, 5) is 26.8. The first-order valence-electron chi connectivity index (χ1n) is 5.61. The van der Waals surface area contributed by atoms with Crippen molar-refractivity contribution in [3.05, 3.63) is 55.8 Å². The summed E-state index contributed by atoms with van der Waals surface area (Å²) in [5.74, 6) is -1.51. The summed E-state index contributed by atoms with van der Waals surface area (Å²) in [6.07, 6.45) is 1.67. The van der Waals surface area contributed by atoms with Gasteiger partial charge in [0, 0.05) is 23.2 Å². The van der Waals surface area contributed by atoms with Crippen LogP contribution in [0.5, 0.6) is 0 Å². The highest BCUT2D eigenvalue weighted by Gasteiger charge is 2.16. The Morgan fingerprint density at radius 2 is 2.30 bits per heavy atom. The quantitative estimate of drug-likeness (QED) is 0.693. The monoisotopic (exact) mass is 295 g/mol. The van der Waals surface area contributed by atoms with Gasteiger partial charge in [-0.15, -0.1) is 11.3 Å². The Balaban J connectivity index is 2.12. The van der Waals surface area contributed by atoms with Gasteiger partial charge in [-0.3, -0.25) is 14.9 Å². The molecule has 0 fully saturated rings. The molecule has 0 saturated heterocycles. The number of nitrogens with zero attached hydrogens (tertiary/aromatic N) is 2. The number of thiazole rings is 1. The molecule has 1 heterocycles. The minimum atomic E-state index is -0.802. The van der Waals surface area contributed by atoms with Crippen molar-refractivity contribution in [2.45, 2.75) is 13.5 Å². The van der Waals surface area contributed by atoms with Crippen LogP contribution in [0.3, 0.4) is 0 Å². The summed E-state index contributed by atoms with van der Waals surface area (Å²) in [6, 6.07) is 2.83. The van der Waals surface area contributed by atoms with Gasteiger partial charge in [0.2, 0.25) is 0 Å². The van der Waals surface area contributed by atoms with Crippen LogP contribution in [0.1, 0.15) is 20.2 Å². The van der Waals surface area contributed by atoms with Crippen LogP contribution in [-0.2, 0) is 6.54 Å². The summed E-state index contributed by atoms with van der Waals surface area (Å²) in [5.41, 5.74) is -0.686. The van der Waals surface area contributed by atoms with Crippen LogP contribution < -0.4 is 5.32 Å². The number of non-ortho nitro benzene ring substituents is 1. The predicted molar refractivity (Wildman–Crippen MR) is 71.1 cm³/mol. The van der Waals surface area contributed by atoms with Crippen molar-refractivity contribution in [2.24, 2.45) is 0 Å². The second kappa shape index (κ2) is 5.74. The molecule has 0 bridgehead atoms. The SMILES string of the molecule is Cc1cnc(CNC(=O)c2cc([N+](=O)[O-])ccc2F)s1. The molecule has 0 atom stereocenters. The van der Waals surface area contributed by atoms with E-state index >= 15 is 0 Å². The number of aromatic nitrogens is 1. The number of rotatable bonds is 4. The lowest BCUT2D eigenvalue weighted by atomic mass is 10.1. The van der Waals surface area contributed by atoms with Gasteiger partial charge in [0.15, 0.2) is 0 Å². The molecule has 6 nitrogen and oxygen atoms in total. The zero-order valence-electron chi connectivity index (χ0n) is 10.4. The lowest BCUT2D eigenvalue weighted by molar-refractivity contribution is -0.384. The second-order valence-electron chi connectivity index (χ2n) is 3.97. The van der Waals surface area contributed by atoms with Crippen molar-refractivity contribution in [3.8, 4) is 0 Å². The average Bonchev–Trinajstić information content (AvgIpc) is 2.82. The highest BCUT2D eigenvalue weighted by Crippen LogP contribution is 2.17. The fraction of sp³-hybridized carbons (Fsp3) is 0.167. The molecule has 1 aromatic carbocycles. The number of nitrogens with one attached hydrogen (secondary N) is 1. The molecule has 0 aliphatic heterocycles. The zero-order valence-corrected chi connectivity index (χ0v) is 11.2. The molecule has 2 rings (SSSR count). The maximum atomic E-state index is 13.5. The zero-order chi connectivity index (χ0) is 14.7.